The van der Waals surface area contributed by atoms with Crippen LogP contribution in [0.1, 0.15) is 50.9 Å². The van der Waals surface area contributed by atoms with Gasteiger partial charge in [-0.2, -0.15) is 5.10 Å². The highest BCUT2D eigenvalue weighted by molar-refractivity contribution is 9.10. The molecule has 1 fully saturated rings. The lowest BCUT2D eigenvalue weighted by Gasteiger charge is -2.22. The summed E-state index contributed by atoms with van der Waals surface area (Å²) >= 11 is 3.68. The molecule has 2 heterocycles. The highest BCUT2D eigenvalue weighted by Crippen LogP contribution is 2.22. The molecule has 1 aromatic rings. The number of ether oxygens (including phenoxy) is 1. The number of hydrogen-bond donors (Lipinski definition) is 1. The van der Waals surface area contributed by atoms with E-state index in [1.54, 1.807) is 0 Å². The van der Waals surface area contributed by atoms with Gasteiger partial charge in [-0.05, 0) is 61.5 Å². The Balaban J connectivity index is 1.79. The molecule has 1 unspecified atom stereocenters. The fourth-order valence-corrected chi connectivity index (χ4v) is 3.40. The zero-order valence-electron chi connectivity index (χ0n) is 12.6. The van der Waals surface area contributed by atoms with Crippen LogP contribution in [-0.4, -0.2) is 29.0 Å². The van der Waals surface area contributed by atoms with Gasteiger partial charge in [0, 0.05) is 19.7 Å². The molecule has 0 saturated carbocycles. The Bertz CT molecular complexity index is 413. The average Bonchev–Trinajstić information content (AvgIpc) is 2.80. The molecule has 1 aliphatic heterocycles. The Morgan fingerprint density at radius 3 is 2.90 bits per heavy atom. The fourth-order valence-electron chi connectivity index (χ4n) is 2.69. The summed E-state index contributed by atoms with van der Waals surface area (Å²) < 4.78 is 9.01. The first-order valence-corrected chi connectivity index (χ1v) is 8.61. The van der Waals surface area contributed by atoms with E-state index >= 15 is 0 Å². The summed E-state index contributed by atoms with van der Waals surface area (Å²) in [6, 6.07) is 0. The molecule has 0 spiro atoms. The Hall–Kier alpha value is -0.390. The van der Waals surface area contributed by atoms with Crippen LogP contribution in [-0.2, 0) is 24.2 Å². The largest absolute Gasteiger partial charge is 0.378 e. The minimum atomic E-state index is 0.460. The monoisotopic (exact) mass is 343 g/mol. The molecule has 114 valence electrons. The van der Waals surface area contributed by atoms with Crippen LogP contribution in [0, 0.1) is 0 Å². The molecular weight excluding hydrogens is 318 g/mol. The van der Waals surface area contributed by atoms with Gasteiger partial charge in [-0.15, -0.1) is 0 Å². The SMILES string of the molecule is CCc1nn(CC)c(CNCCC2CCCCO2)c1Br. The van der Waals surface area contributed by atoms with Gasteiger partial charge in [0.15, 0.2) is 0 Å². The van der Waals surface area contributed by atoms with Crippen molar-refractivity contribution in [1.82, 2.24) is 15.1 Å². The number of aromatic nitrogens is 2. The molecule has 1 aliphatic rings. The lowest BCUT2D eigenvalue weighted by molar-refractivity contribution is 0.0115. The number of nitrogens with one attached hydrogen (secondary N) is 1. The molecule has 20 heavy (non-hydrogen) atoms. The van der Waals surface area contributed by atoms with Crippen LogP contribution in [0.2, 0.25) is 0 Å². The van der Waals surface area contributed by atoms with Crippen LogP contribution in [0.5, 0.6) is 0 Å². The number of halogens is 1. The molecule has 0 amide bonds. The minimum Gasteiger partial charge on any atom is -0.378 e. The third-order valence-corrected chi connectivity index (χ3v) is 4.82. The van der Waals surface area contributed by atoms with Crippen molar-refractivity contribution in [2.24, 2.45) is 0 Å². The molecule has 0 aromatic carbocycles. The van der Waals surface area contributed by atoms with Crippen molar-refractivity contribution >= 4 is 15.9 Å². The van der Waals surface area contributed by atoms with Crippen molar-refractivity contribution in [3.05, 3.63) is 15.9 Å². The summed E-state index contributed by atoms with van der Waals surface area (Å²) in [5.74, 6) is 0. The molecule has 1 atom stereocenters. The van der Waals surface area contributed by atoms with E-state index in [0.29, 0.717) is 6.10 Å². The lowest BCUT2D eigenvalue weighted by atomic mass is 10.1. The van der Waals surface area contributed by atoms with E-state index in [4.69, 9.17) is 4.74 Å². The van der Waals surface area contributed by atoms with Crippen LogP contribution >= 0.6 is 15.9 Å². The summed E-state index contributed by atoms with van der Waals surface area (Å²) in [5.41, 5.74) is 2.41. The van der Waals surface area contributed by atoms with Crippen molar-refractivity contribution in [3.8, 4) is 0 Å². The van der Waals surface area contributed by atoms with Crippen molar-refractivity contribution in [1.29, 1.82) is 0 Å². The van der Waals surface area contributed by atoms with Crippen LogP contribution in [0.25, 0.3) is 0 Å². The van der Waals surface area contributed by atoms with Gasteiger partial charge in [-0.25, -0.2) is 0 Å². The Kier molecular flexibility index (Phi) is 6.52. The molecule has 2 rings (SSSR count). The summed E-state index contributed by atoms with van der Waals surface area (Å²) in [7, 11) is 0. The second kappa shape index (κ2) is 8.15. The maximum absolute atomic E-state index is 5.75. The quantitative estimate of drug-likeness (QED) is 0.772. The van der Waals surface area contributed by atoms with E-state index in [-0.39, 0.29) is 0 Å². The number of aryl methyl sites for hydroxylation is 2. The summed E-state index contributed by atoms with van der Waals surface area (Å²) in [6.45, 7) is 8.02. The molecule has 0 radical (unpaired) electrons. The minimum absolute atomic E-state index is 0.460. The summed E-state index contributed by atoms with van der Waals surface area (Å²) in [4.78, 5) is 0. The van der Waals surface area contributed by atoms with E-state index in [1.807, 2.05) is 0 Å². The van der Waals surface area contributed by atoms with Gasteiger partial charge in [0.05, 0.1) is 22.0 Å². The van der Waals surface area contributed by atoms with Crippen molar-refractivity contribution in [2.75, 3.05) is 13.2 Å². The maximum atomic E-state index is 5.75. The number of rotatable bonds is 7. The van der Waals surface area contributed by atoms with Crippen LogP contribution < -0.4 is 5.32 Å². The number of hydrogen-bond acceptors (Lipinski definition) is 3. The molecule has 1 aromatic heterocycles. The van der Waals surface area contributed by atoms with Crippen molar-refractivity contribution in [2.45, 2.75) is 65.1 Å². The van der Waals surface area contributed by atoms with Gasteiger partial charge in [0.1, 0.15) is 0 Å². The van der Waals surface area contributed by atoms with Gasteiger partial charge >= 0.3 is 0 Å². The van der Waals surface area contributed by atoms with Crippen LogP contribution in [0.3, 0.4) is 0 Å². The van der Waals surface area contributed by atoms with Gasteiger partial charge in [0.2, 0.25) is 0 Å². The first-order chi connectivity index (χ1) is 9.76. The van der Waals surface area contributed by atoms with E-state index in [9.17, 15) is 0 Å². The van der Waals surface area contributed by atoms with E-state index in [1.165, 1.54) is 29.4 Å². The van der Waals surface area contributed by atoms with Gasteiger partial charge < -0.3 is 10.1 Å². The maximum Gasteiger partial charge on any atom is 0.0767 e. The smallest absolute Gasteiger partial charge is 0.0767 e. The van der Waals surface area contributed by atoms with E-state index < -0.39 is 0 Å². The zero-order valence-corrected chi connectivity index (χ0v) is 14.2. The molecule has 1 N–H and O–H groups in total. The Morgan fingerprint density at radius 1 is 1.40 bits per heavy atom. The summed E-state index contributed by atoms with van der Waals surface area (Å²) in [5, 5.41) is 8.15. The third-order valence-electron chi connectivity index (χ3n) is 3.90. The van der Waals surface area contributed by atoms with Crippen LogP contribution in [0.15, 0.2) is 4.47 Å². The van der Waals surface area contributed by atoms with Crippen LogP contribution in [0.4, 0.5) is 0 Å². The van der Waals surface area contributed by atoms with Gasteiger partial charge in [-0.3, -0.25) is 4.68 Å². The van der Waals surface area contributed by atoms with Crippen molar-refractivity contribution < 1.29 is 4.74 Å². The average molecular weight is 344 g/mol. The van der Waals surface area contributed by atoms with Gasteiger partial charge in [0.25, 0.3) is 0 Å². The first kappa shape index (κ1) is 16.0. The van der Waals surface area contributed by atoms with E-state index in [0.717, 1.165) is 44.8 Å². The topological polar surface area (TPSA) is 39.1 Å². The highest BCUT2D eigenvalue weighted by atomic mass is 79.9. The second-order valence-corrected chi connectivity index (χ2v) is 6.12. The second-order valence-electron chi connectivity index (χ2n) is 5.33. The van der Waals surface area contributed by atoms with Gasteiger partial charge in [-0.1, -0.05) is 6.92 Å². The normalized spacial score (nSPS) is 19.4. The standard InChI is InChI=1S/C15H26BrN3O/c1-3-13-15(16)14(19(4-2)18-13)11-17-9-8-12-7-5-6-10-20-12/h12,17H,3-11H2,1-2H3. The summed E-state index contributed by atoms with van der Waals surface area (Å²) in [6.07, 6.45) is 6.31. The first-order valence-electron chi connectivity index (χ1n) is 7.82. The molecule has 1 saturated heterocycles. The Labute approximate surface area is 130 Å². The molecular formula is C15H26BrN3O. The third kappa shape index (κ3) is 4.06. The Morgan fingerprint density at radius 2 is 2.25 bits per heavy atom. The number of nitrogens with zero attached hydrogens (tertiary/aromatic N) is 2. The zero-order chi connectivity index (χ0) is 14.4. The fraction of sp³-hybridized carbons (Fsp3) is 0.800. The highest BCUT2D eigenvalue weighted by Gasteiger charge is 2.15. The van der Waals surface area contributed by atoms with E-state index in [2.05, 4.69) is 44.9 Å². The predicted molar refractivity (Wildman–Crippen MR) is 84.9 cm³/mol. The molecule has 0 bridgehead atoms. The molecule has 5 heteroatoms. The molecule has 4 nitrogen and oxygen atoms in total. The molecule has 0 aliphatic carbocycles. The lowest BCUT2D eigenvalue weighted by Crippen LogP contribution is -2.25. The predicted octanol–water partition coefficient (Wildman–Crippen LogP) is 3.28. The van der Waals surface area contributed by atoms with Crippen molar-refractivity contribution in [3.63, 3.8) is 0 Å².